The van der Waals surface area contributed by atoms with Crippen molar-refractivity contribution >= 4 is 5.82 Å². The van der Waals surface area contributed by atoms with Gasteiger partial charge in [0.25, 0.3) is 0 Å². The Bertz CT molecular complexity index is 444. The van der Waals surface area contributed by atoms with E-state index in [1.807, 2.05) is 19.1 Å². The van der Waals surface area contributed by atoms with Crippen LogP contribution in [0.4, 0.5) is 5.82 Å². The van der Waals surface area contributed by atoms with Gasteiger partial charge in [0.15, 0.2) is 0 Å². The lowest BCUT2D eigenvalue weighted by atomic mass is 9.74. The topological polar surface area (TPSA) is 86.2 Å². The van der Waals surface area contributed by atoms with Crippen molar-refractivity contribution in [3.05, 3.63) is 23.9 Å². The molecule has 0 radical (unpaired) electrons. The molecule has 0 aliphatic heterocycles. The minimum absolute atomic E-state index is 0.0523. The third-order valence-corrected chi connectivity index (χ3v) is 4.74. The predicted octanol–water partition coefficient (Wildman–Crippen LogP) is 2.02. The predicted molar refractivity (Wildman–Crippen MR) is 85.5 cm³/mol. The molecule has 21 heavy (non-hydrogen) atoms. The van der Waals surface area contributed by atoms with Crippen LogP contribution in [0.1, 0.15) is 45.1 Å². The molecule has 1 unspecified atom stereocenters. The summed E-state index contributed by atoms with van der Waals surface area (Å²) in [6.07, 6.45) is 6.89. The van der Waals surface area contributed by atoms with Crippen LogP contribution >= 0.6 is 0 Å². The highest BCUT2D eigenvalue weighted by atomic mass is 16.5. The SMILES string of the molecule is CCOC1(C(Cc2cccnc2N)NN)CCC(C)CC1. The van der Waals surface area contributed by atoms with E-state index in [0.717, 1.165) is 30.7 Å². The van der Waals surface area contributed by atoms with Crippen molar-refractivity contribution in [1.29, 1.82) is 0 Å². The highest BCUT2D eigenvalue weighted by molar-refractivity contribution is 5.39. The van der Waals surface area contributed by atoms with Crippen LogP contribution in [-0.2, 0) is 11.2 Å². The zero-order valence-corrected chi connectivity index (χ0v) is 13.1. The van der Waals surface area contributed by atoms with E-state index >= 15 is 0 Å². The van der Waals surface area contributed by atoms with Gasteiger partial charge in [0.1, 0.15) is 5.82 Å². The second kappa shape index (κ2) is 7.20. The number of hydrogen-bond acceptors (Lipinski definition) is 5. The van der Waals surface area contributed by atoms with Gasteiger partial charge in [-0.3, -0.25) is 11.3 Å². The number of aromatic nitrogens is 1. The van der Waals surface area contributed by atoms with Crippen molar-refractivity contribution in [3.8, 4) is 0 Å². The van der Waals surface area contributed by atoms with Gasteiger partial charge in [-0.2, -0.15) is 0 Å². The number of hydrogen-bond donors (Lipinski definition) is 3. The Morgan fingerprint density at radius 3 is 2.76 bits per heavy atom. The van der Waals surface area contributed by atoms with Gasteiger partial charge in [-0.15, -0.1) is 0 Å². The fraction of sp³-hybridized carbons (Fsp3) is 0.688. The van der Waals surface area contributed by atoms with E-state index in [1.165, 1.54) is 12.8 Å². The Hall–Kier alpha value is -1.17. The number of nitrogens with two attached hydrogens (primary N) is 2. The maximum atomic E-state index is 6.18. The minimum Gasteiger partial charge on any atom is -0.383 e. The molecule has 0 bridgehead atoms. The van der Waals surface area contributed by atoms with Crippen LogP contribution < -0.4 is 17.0 Å². The van der Waals surface area contributed by atoms with E-state index in [1.54, 1.807) is 6.20 Å². The molecule has 2 rings (SSSR count). The summed E-state index contributed by atoms with van der Waals surface area (Å²) >= 11 is 0. The van der Waals surface area contributed by atoms with Crippen molar-refractivity contribution in [2.45, 2.75) is 57.6 Å². The quantitative estimate of drug-likeness (QED) is 0.551. The normalized spacial score (nSPS) is 27.5. The van der Waals surface area contributed by atoms with E-state index in [9.17, 15) is 0 Å². The molecule has 0 saturated heterocycles. The van der Waals surface area contributed by atoms with Gasteiger partial charge in [0.05, 0.1) is 11.6 Å². The van der Waals surface area contributed by atoms with E-state index in [0.29, 0.717) is 12.4 Å². The third kappa shape index (κ3) is 3.73. The van der Waals surface area contributed by atoms with Crippen LogP contribution in [0.2, 0.25) is 0 Å². The van der Waals surface area contributed by atoms with Crippen molar-refractivity contribution in [1.82, 2.24) is 10.4 Å². The fourth-order valence-electron chi connectivity index (χ4n) is 3.37. The number of pyridine rings is 1. The molecule has 1 aromatic heterocycles. The van der Waals surface area contributed by atoms with E-state index in [-0.39, 0.29) is 11.6 Å². The Morgan fingerprint density at radius 2 is 2.19 bits per heavy atom. The molecular weight excluding hydrogens is 264 g/mol. The van der Waals surface area contributed by atoms with Crippen molar-refractivity contribution in [3.63, 3.8) is 0 Å². The van der Waals surface area contributed by atoms with Crippen LogP contribution in [0.5, 0.6) is 0 Å². The smallest absolute Gasteiger partial charge is 0.126 e. The summed E-state index contributed by atoms with van der Waals surface area (Å²) in [5.41, 5.74) is 9.78. The monoisotopic (exact) mass is 292 g/mol. The standard InChI is InChI=1S/C16H28N4O/c1-3-21-16(8-6-12(2)7-9-16)14(20-18)11-13-5-4-10-19-15(13)17/h4-5,10,12,14,20H,3,6-9,11,18H2,1-2H3,(H2,17,19). The van der Waals surface area contributed by atoms with Crippen LogP contribution in [-0.4, -0.2) is 23.2 Å². The Kier molecular flexibility index (Phi) is 5.56. The molecule has 1 aliphatic carbocycles. The Morgan fingerprint density at radius 1 is 1.48 bits per heavy atom. The molecule has 1 atom stereocenters. The van der Waals surface area contributed by atoms with Crippen LogP contribution in [0.15, 0.2) is 18.3 Å². The number of nitrogen functional groups attached to an aromatic ring is 1. The second-order valence-electron chi connectivity index (χ2n) is 6.15. The fourth-order valence-corrected chi connectivity index (χ4v) is 3.37. The van der Waals surface area contributed by atoms with Gasteiger partial charge in [0, 0.05) is 12.8 Å². The van der Waals surface area contributed by atoms with Crippen molar-refractivity contribution in [2.24, 2.45) is 11.8 Å². The summed E-state index contributed by atoms with van der Waals surface area (Å²) < 4.78 is 6.18. The first-order chi connectivity index (χ1) is 10.1. The summed E-state index contributed by atoms with van der Waals surface area (Å²) in [6.45, 7) is 5.06. The van der Waals surface area contributed by atoms with Crippen LogP contribution in [0.25, 0.3) is 0 Å². The van der Waals surface area contributed by atoms with Crippen LogP contribution in [0.3, 0.4) is 0 Å². The molecule has 5 nitrogen and oxygen atoms in total. The number of hydrazine groups is 1. The summed E-state index contributed by atoms with van der Waals surface area (Å²) in [7, 11) is 0. The highest BCUT2D eigenvalue weighted by Gasteiger charge is 2.41. The molecule has 118 valence electrons. The lowest BCUT2D eigenvalue weighted by Crippen LogP contribution is -2.57. The van der Waals surface area contributed by atoms with Gasteiger partial charge in [-0.05, 0) is 56.6 Å². The number of anilines is 1. The first-order valence-electron chi connectivity index (χ1n) is 7.90. The average molecular weight is 292 g/mol. The van der Waals surface area contributed by atoms with Crippen molar-refractivity contribution in [2.75, 3.05) is 12.3 Å². The van der Waals surface area contributed by atoms with Gasteiger partial charge in [-0.25, -0.2) is 4.98 Å². The van der Waals surface area contributed by atoms with E-state index in [4.69, 9.17) is 16.3 Å². The summed E-state index contributed by atoms with van der Waals surface area (Å²) in [6, 6.07) is 3.98. The Labute approximate surface area is 127 Å². The zero-order valence-electron chi connectivity index (χ0n) is 13.1. The number of nitrogens with zero attached hydrogens (tertiary/aromatic N) is 1. The molecule has 1 saturated carbocycles. The number of rotatable bonds is 6. The first-order valence-corrected chi connectivity index (χ1v) is 7.90. The van der Waals surface area contributed by atoms with E-state index < -0.39 is 0 Å². The molecule has 1 heterocycles. The number of nitrogens with one attached hydrogen (secondary N) is 1. The lowest BCUT2D eigenvalue weighted by Gasteiger charge is -2.44. The summed E-state index contributed by atoms with van der Waals surface area (Å²) in [4.78, 5) is 4.16. The van der Waals surface area contributed by atoms with Gasteiger partial charge >= 0.3 is 0 Å². The van der Waals surface area contributed by atoms with Crippen molar-refractivity contribution < 1.29 is 4.74 Å². The maximum Gasteiger partial charge on any atom is 0.126 e. The molecule has 1 aromatic rings. The minimum atomic E-state index is -0.196. The molecule has 0 amide bonds. The molecular formula is C16H28N4O. The number of ether oxygens (including phenoxy) is 1. The lowest BCUT2D eigenvalue weighted by molar-refractivity contribution is -0.0961. The first kappa shape index (κ1) is 16.2. The molecule has 5 heteroatoms. The van der Waals surface area contributed by atoms with Gasteiger partial charge < -0.3 is 10.5 Å². The summed E-state index contributed by atoms with van der Waals surface area (Å²) in [5, 5.41) is 0. The average Bonchev–Trinajstić information content (AvgIpc) is 2.49. The third-order valence-electron chi connectivity index (χ3n) is 4.74. The molecule has 5 N–H and O–H groups in total. The molecule has 1 aliphatic rings. The van der Waals surface area contributed by atoms with Gasteiger partial charge in [0.2, 0.25) is 0 Å². The molecule has 0 spiro atoms. The zero-order chi connectivity index (χ0) is 15.3. The van der Waals surface area contributed by atoms with Crippen LogP contribution in [0, 0.1) is 5.92 Å². The summed E-state index contributed by atoms with van der Waals surface area (Å²) in [5.74, 6) is 7.20. The van der Waals surface area contributed by atoms with Gasteiger partial charge in [-0.1, -0.05) is 13.0 Å². The Balaban J connectivity index is 2.18. The largest absolute Gasteiger partial charge is 0.383 e. The molecule has 1 fully saturated rings. The second-order valence-corrected chi connectivity index (χ2v) is 6.15. The molecule has 0 aromatic carbocycles. The highest BCUT2D eigenvalue weighted by Crippen LogP contribution is 2.38. The maximum absolute atomic E-state index is 6.18. The van der Waals surface area contributed by atoms with E-state index in [2.05, 4.69) is 17.3 Å².